The van der Waals surface area contributed by atoms with Crippen molar-refractivity contribution in [3.63, 3.8) is 0 Å². The van der Waals surface area contributed by atoms with Crippen LogP contribution in [0, 0.1) is 0 Å². The maximum absolute atomic E-state index is 10.7. The van der Waals surface area contributed by atoms with E-state index in [0.29, 0.717) is 5.69 Å². The Labute approximate surface area is 72.9 Å². The minimum atomic E-state index is -0.874. The van der Waals surface area contributed by atoms with Crippen LogP contribution in [0.5, 0.6) is 0 Å². The lowest BCUT2D eigenvalue weighted by atomic mass is 10.4. The van der Waals surface area contributed by atoms with Crippen molar-refractivity contribution in [2.45, 2.75) is 0 Å². The predicted octanol–water partition coefficient (Wildman–Crippen LogP) is 1.94. The number of carbonyl (C=O) groups is 1. The van der Waals surface area contributed by atoms with E-state index >= 15 is 0 Å². The SMILES string of the molecule is Cn1c(C(=O)O)cc2ccsc21. The number of hydrogen-bond acceptors (Lipinski definition) is 2. The van der Waals surface area contributed by atoms with E-state index in [1.165, 1.54) is 0 Å². The molecule has 0 aliphatic rings. The number of aryl methyl sites for hydroxylation is 1. The Kier molecular flexibility index (Phi) is 1.44. The van der Waals surface area contributed by atoms with Crippen LogP contribution in [0.25, 0.3) is 10.2 Å². The Balaban J connectivity index is 2.78. The summed E-state index contributed by atoms with van der Waals surface area (Å²) in [5.41, 5.74) is 0.344. The highest BCUT2D eigenvalue weighted by molar-refractivity contribution is 7.16. The van der Waals surface area contributed by atoms with E-state index in [9.17, 15) is 4.79 Å². The maximum atomic E-state index is 10.7. The van der Waals surface area contributed by atoms with Crippen molar-refractivity contribution in [3.05, 3.63) is 23.2 Å². The maximum Gasteiger partial charge on any atom is 0.352 e. The quantitative estimate of drug-likeness (QED) is 0.730. The molecule has 2 aromatic heterocycles. The third kappa shape index (κ3) is 0.848. The van der Waals surface area contributed by atoms with Gasteiger partial charge in [0, 0.05) is 12.4 Å². The molecule has 62 valence electrons. The molecule has 3 nitrogen and oxygen atoms in total. The number of aromatic carboxylic acids is 1. The van der Waals surface area contributed by atoms with Crippen LogP contribution in [0.1, 0.15) is 10.5 Å². The lowest BCUT2D eigenvalue weighted by Gasteiger charge is -1.95. The predicted molar refractivity (Wildman–Crippen MR) is 47.8 cm³/mol. The van der Waals surface area contributed by atoms with Gasteiger partial charge in [-0.25, -0.2) is 4.79 Å². The monoisotopic (exact) mass is 181 g/mol. The van der Waals surface area contributed by atoms with Gasteiger partial charge in [-0.15, -0.1) is 11.3 Å². The van der Waals surface area contributed by atoms with E-state index in [4.69, 9.17) is 5.11 Å². The molecule has 0 aliphatic heterocycles. The summed E-state index contributed by atoms with van der Waals surface area (Å²) in [5, 5.41) is 11.7. The zero-order chi connectivity index (χ0) is 8.72. The molecule has 0 aliphatic carbocycles. The minimum absolute atomic E-state index is 0.344. The highest BCUT2D eigenvalue weighted by atomic mass is 32.1. The Morgan fingerprint density at radius 2 is 2.42 bits per heavy atom. The van der Waals surface area contributed by atoms with Crippen LogP contribution in [0.2, 0.25) is 0 Å². The van der Waals surface area contributed by atoms with E-state index in [1.54, 1.807) is 29.0 Å². The molecule has 0 atom stereocenters. The van der Waals surface area contributed by atoms with Crippen molar-refractivity contribution >= 4 is 27.5 Å². The smallest absolute Gasteiger partial charge is 0.352 e. The fraction of sp³-hybridized carbons (Fsp3) is 0.125. The van der Waals surface area contributed by atoms with Crippen LogP contribution >= 0.6 is 11.3 Å². The molecule has 2 rings (SSSR count). The second-order valence-corrected chi connectivity index (χ2v) is 3.47. The molecule has 0 bridgehead atoms. The van der Waals surface area contributed by atoms with Crippen LogP contribution in [0.4, 0.5) is 0 Å². The molecular weight excluding hydrogens is 174 g/mol. The zero-order valence-electron chi connectivity index (χ0n) is 6.44. The van der Waals surface area contributed by atoms with Gasteiger partial charge in [-0.1, -0.05) is 0 Å². The van der Waals surface area contributed by atoms with Crippen molar-refractivity contribution in [2.24, 2.45) is 7.05 Å². The standard InChI is InChI=1S/C8H7NO2S/c1-9-6(8(10)11)4-5-2-3-12-7(5)9/h2-4H,1H3,(H,10,11). The summed E-state index contributed by atoms with van der Waals surface area (Å²) in [6, 6.07) is 3.61. The summed E-state index contributed by atoms with van der Waals surface area (Å²) >= 11 is 1.55. The first-order valence-corrected chi connectivity index (χ1v) is 4.34. The van der Waals surface area contributed by atoms with Gasteiger partial charge in [0.15, 0.2) is 0 Å². The van der Waals surface area contributed by atoms with Crippen molar-refractivity contribution in [2.75, 3.05) is 0 Å². The van der Waals surface area contributed by atoms with Gasteiger partial charge in [-0.3, -0.25) is 0 Å². The molecule has 2 heterocycles. The summed E-state index contributed by atoms with van der Waals surface area (Å²) in [7, 11) is 1.77. The number of carboxylic acids is 1. The fourth-order valence-corrected chi connectivity index (χ4v) is 2.12. The second-order valence-electron chi connectivity index (χ2n) is 2.57. The molecule has 0 aromatic carbocycles. The van der Waals surface area contributed by atoms with Crippen molar-refractivity contribution < 1.29 is 9.90 Å². The van der Waals surface area contributed by atoms with Gasteiger partial charge in [0.25, 0.3) is 0 Å². The van der Waals surface area contributed by atoms with Gasteiger partial charge in [0.2, 0.25) is 0 Å². The molecule has 0 saturated heterocycles. The van der Waals surface area contributed by atoms with Gasteiger partial charge in [-0.2, -0.15) is 0 Å². The van der Waals surface area contributed by atoms with Crippen LogP contribution in [-0.2, 0) is 7.05 Å². The van der Waals surface area contributed by atoms with Gasteiger partial charge < -0.3 is 9.67 Å². The van der Waals surface area contributed by atoms with Crippen molar-refractivity contribution in [1.29, 1.82) is 0 Å². The third-order valence-electron chi connectivity index (χ3n) is 1.85. The van der Waals surface area contributed by atoms with E-state index in [-0.39, 0.29) is 0 Å². The Hall–Kier alpha value is -1.29. The number of aromatic nitrogens is 1. The zero-order valence-corrected chi connectivity index (χ0v) is 7.26. The average Bonchev–Trinajstić information content (AvgIpc) is 2.53. The molecule has 0 spiro atoms. The number of thiophene rings is 1. The van der Waals surface area contributed by atoms with Crippen LogP contribution in [0.15, 0.2) is 17.5 Å². The Morgan fingerprint density at radius 3 is 3.00 bits per heavy atom. The molecule has 0 radical (unpaired) electrons. The third-order valence-corrected chi connectivity index (χ3v) is 2.86. The minimum Gasteiger partial charge on any atom is -0.477 e. The number of hydrogen-bond donors (Lipinski definition) is 1. The average molecular weight is 181 g/mol. The normalized spacial score (nSPS) is 10.8. The first-order valence-electron chi connectivity index (χ1n) is 3.46. The molecule has 4 heteroatoms. The second kappa shape index (κ2) is 2.35. The molecule has 0 saturated carbocycles. The molecular formula is C8H7NO2S. The molecule has 1 N–H and O–H groups in total. The van der Waals surface area contributed by atoms with E-state index in [1.807, 2.05) is 11.4 Å². The Morgan fingerprint density at radius 1 is 1.67 bits per heavy atom. The van der Waals surface area contributed by atoms with E-state index in [2.05, 4.69) is 0 Å². The largest absolute Gasteiger partial charge is 0.477 e. The molecule has 2 aromatic rings. The summed E-state index contributed by atoms with van der Waals surface area (Å²) in [5.74, 6) is -0.874. The fourth-order valence-electron chi connectivity index (χ4n) is 1.25. The molecule has 0 fully saturated rings. The summed E-state index contributed by atoms with van der Waals surface area (Å²) in [6.07, 6.45) is 0. The van der Waals surface area contributed by atoms with Gasteiger partial charge in [0.1, 0.15) is 10.5 Å². The van der Waals surface area contributed by atoms with Gasteiger partial charge in [-0.05, 0) is 17.5 Å². The number of rotatable bonds is 1. The molecule has 0 unspecified atom stereocenters. The number of nitrogens with zero attached hydrogens (tertiary/aromatic N) is 1. The lowest BCUT2D eigenvalue weighted by Crippen LogP contribution is -2.03. The Bertz CT molecular complexity index is 441. The van der Waals surface area contributed by atoms with Crippen LogP contribution < -0.4 is 0 Å². The first kappa shape index (κ1) is 7.36. The number of fused-ring (bicyclic) bond motifs is 1. The highest BCUT2D eigenvalue weighted by Gasteiger charge is 2.11. The van der Waals surface area contributed by atoms with Crippen LogP contribution in [0.3, 0.4) is 0 Å². The summed E-state index contributed by atoms with van der Waals surface area (Å²) < 4.78 is 1.70. The van der Waals surface area contributed by atoms with Gasteiger partial charge >= 0.3 is 5.97 Å². The summed E-state index contributed by atoms with van der Waals surface area (Å²) in [4.78, 5) is 11.7. The summed E-state index contributed by atoms with van der Waals surface area (Å²) in [6.45, 7) is 0. The molecule has 12 heavy (non-hydrogen) atoms. The van der Waals surface area contributed by atoms with Crippen LogP contribution in [-0.4, -0.2) is 15.6 Å². The van der Waals surface area contributed by atoms with Crippen molar-refractivity contribution in [1.82, 2.24) is 4.57 Å². The van der Waals surface area contributed by atoms with Crippen molar-refractivity contribution in [3.8, 4) is 0 Å². The van der Waals surface area contributed by atoms with E-state index in [0.717, 1.165) is 10.2 Å². The van der Waals surface area contributed by atoms with Gasteiger partial charge in [0.05, 0.1) is 0 Å². The number of carboxylic acid groups (broad SMARTS) is 1. The lowest BCUT2D eigenvalue weighted by molar-refractivity contribution is 0.0687. The topological polar surface area (TPSA) is 42.2 Å². The molecule has 0 amide bonds. The first-order chi connectivity index (χ1) is 5.70. The van der Waals surface area contributed by atoms with E-state index < -0.39 is 5.97 Å². The highest BCUT2D eigenvalue weighted by Crippen LogP contribution is 2.23.